The molecule has 0 spiro atoms. The average molecular weight is 458 g/mol. The maximum atomic E-state index is 11.6. The summed E-state index contributed by atoms with van der Waals surface area (Å²) in [6.07, 6.45) is 5.52. The van der Waals surface area contributed by atoms with Gasteiger partial charge in [-0.15, -0.1) is 24.0 Å². The average Bonchev–Trinajstić information content (AvgIpc) is 2.99. The number of aromatic nitrogens is 3. The van der Waals surface area contributed by atoms with Crippen LogP contribution in [0.5, 0.6) is 0 Å². The second kappa shape index (κ2) is 11.7. The molecule has 0 fully saturated rings. The quantitative estimate of drug-likeness (QED) is 0.274. The molecule has 0 aliphatic carbocycles. The lowest BCUT2D eigenvalue weighted by Crippen LogP contribution is -2.37. The monoisotopic (exact) mass is 458 g/mol. The Morgan fingerprint density at radius 3 is 2.76 bits per heavy atom. The highest BCUT2D eigenvalue weighted by molar-refractivity contribution is 14.0. The molecule has 0 atom stereocenters. The number of aryl methyl sites for hydroxylation is 2. The van der Waals surface area contributed by atoms with Crippen molar-refractivity contribution in [2.45, 2.75) is 32.9 Å². The van der Waals surface area contributed by atoms with Crippen molar-refractivity contribution < 1.29 is 0 Å². The normalized spacial score (nSPS) is 11.0. The first-order valence-electron chi connectivity index (χ1n) is 8.35. The van der Waals surface area contributed by atoms with Crippen LogP contribution in [0.3, 0.4) is 0 Å². The highest BCUT2D eigenvalue weighted by Crippen LogP contribution is 1.98. The minimum Gasteiger partial charge on any atom is -0.357 e. The number of aliphatic imine (C=N–C) groups is 1. The lowest BCUT2D eigenvalue weighted by Gasteiger charge is -2.11. The first-order valence-corrected chi connectivity index (χ1v) is 8.35. The molecule has 0 unspecified atom stereocenters. The van der Waals surface area contributed by atoms with Crippen LogP contribution >= 0.6 is 24.0 Å². The zero-order chi connectivity index (χ0) is 17.2. The van der Waals surface area contributed by atoms with E-state index in [-0.39, 0.29) is 29.5 Å². The first-order chi connectivity index (χ1) is 11.7. The number of guanidine groups is 1. The van der Waals surface area contributed by atoms with Gasteiger partial charge in [-0.3, -0.25) is 9.48 Å². The highest BCUT2D eigenvalue weighted by atomic mass is 127. The van der Waals surface area contributed by atoms with Gasteiger partial charge >= 0.3 is 0 Å². The van der Waals surface area contributed by atoms with Crippen molar-refractivity contribution in [2.24, 2.45) is 12.0 Å². The van der Waals surface area contributed by atoms with Gasteiger partial charge in [0.15, 0.2) is 5.96 Å². The maximum absolute atomic E-state index is 11.6. The SMILES string of the molecule is CCNC(=NCc1ccnn1C)NCCCCn1ccccc1=O.I. The summed E-state index contributed by atoms with van der Waals surface area (Å²) in [6.45, 7) is 5.01. The number of unbranched alkanes of at least 4 members (excludes halogenated alkanes) is 1. The van der Waals surface area contributed by atoms with Gasteiger partial charge in [-0.2, -0.15) is 5.10 Å². The van der Waals surface area contributed by atoms with Crippen LogP contribution in [0.4, 0.5) is 0 Å². The predicted octanol–water partition coefficient (Wildman–Crippen LogP) is 1.74. The Labute approximate surface area is 165 Å². The largest absolute Gasteiger partial charge is 0.357 e. The highest BCUT2D eigenvalue weighted by Gasteiger charge is 2.00. The second-order valence-electron chi connectivity index (χ2n) is 5.51. The zero-order valence-corrected chi connectivity index (χ0v) is 17.1. The molecule has 7 nitrogen and oxygen atoms in total. The smallest absolute Gasteiger partial charge is 0.250 e. The van der Waals surface area contributed by atoms with Crippen LogP contribution in [-0.2, 0) is 20.1 Å². The summed E-state index contributed by atoms with van der Waals surface area (Å²) in [5.41, 5.74) is 1.12. The Balaban J connectivity index is 0.00000312. The lowest BCUT2D eigenvalue weighted by atomic mass is 10.3. The minimum absolute atomic E-state index is 0. The molecule has 8 heteroatoms. The molecule has 0 aromatic carbocycles. The number of rotatable bonds is 8. The van der Waals surface area contributed by atoms with Gasteiger partial charge in [0.2, 0.25) is 5.56 Å². The second-order valence-corrected chi connectivity index (χ2v) is 5.51. The van der Waals surface area contributed by atoms with E-state index in [4.69, 9.17) is 0 Å². The van der Waals surface area contributed by atoms with E-state index in [0.29, 0.717) is 6.54 Å². The van der Waals surface area contributed by atoms with E-state index in [1.54, 1.807) is 22.9 Å². The summed E-state index contributed by atoms with van der Waals surface area (Å²) in [5, 5.41) is 10.7. The number of nitrogens with one attached hydrogen (secondary N) is 2. The Kier molecular flexibility index (Phi) is 9.90. The van der Waals surface area contributed by atoms with Gasteiger partial charge in [-0.25, -0.2) is 4.99 Å². The molecule has 0 amide bonds. The topological polar surface area (TPSA) is 76.2 Å². The van der Waals surface area contributed by atoms with Crippen LogP contribution in [0, 0.1) is 0 Å². The van der Waals surface area contributed by atoms with Crippen LogP contribution in [0.2, 0.25) is 0 Å². The molecule has 0 aliphatic rings. The molecule has 25 heavy (non-hydrogen) atoms. The third-order valence-electron chi connectivity index (χ3n) is 3.68. The third-order valence-corrected chi connectivity index (χ3v) is 3.68. The van der Waals surface area contributed by atoms with Crippen molar-refractivity contribution in [3.8, 4) is 0 Å². The van der Waals surface area contributed by atoms with E-state index < -0.39 is 0 Å². The molecule has 0 aliphatic heterocycles. The fourth-order valence-electron chi connectivity index (χ4n) is 2.32. The van der Waals surface area contributed by atoms with Crippen molar-refractivity contribution >= 4 is 29.9 Å². The van der Waals surface area contributed by atoms with Gasteiger partial charge in [0, 0.05) is 45.1 Å². The molecule has 2 heterocycles. The molecule has 2 aromatic rings. The summed E-state index contributed by atoms with van der Waals surface area (Å²) in [4.78, 5) is 16.2. The Hall–Kier alpha value is -1.84. The molecule has 138 valence electrons. The number of pyridine rings is 1. The van der Waals surface area contributed by atoms with Gasteiger partial charge in [0.05, 0.1) is 12.2 Å². The van der Waals surface area contributed by atoms with Crippen LogP contribution < -0.4 is 16.2 Å². The van der Waals surface area contributed by atoms with Gasteiger partial charge in [-0.05, 0) is 31.9 Å². The molecule has 2 N–H and O–H groups in total. The van der Waals surface area contributed by atoms with E-state index in [1.165, 1.54) is 0 Å². The zero-order valence-electron chi connectivity index (χ0n) is 14.8. The minimum atomic E-state index is 0. The maximum Gasteiger partial charge on any atom is 0.250 e. The first kappa shape index (κ1) is 21.2. The van der Waals surface area contributed by atoms with Crippen LogP contribution in [-0.4, -0.2) is 33.4 Å². The molecule has 2 aromatic heterocycles. The van der Waals surface area contributed by atoms with E-state index in [2.05, 4.69) is 20.7 Å². The fourth-order valence-corrected chi connectivity index (χ4v) is 2.32. The van der Waals surface area contributed by atoms with Gasteiger partial charge in [-0.1, -0.05) is 6.07 Å². The molecule has 0 saturated carbocycles. The van der Waals surface area contributed by atoms with Crippen molar-refractivity contribution in [3.63, 3.8) is 0 Å². The van der Waals surface area contributed by atoms with Crippen LogP contribution in [0.1, 0.15) is 25.5 Å². The fraction of sp³-hybridized carbons (Fsp3) is 0.471. The number of hydrogen-bond acceptors (Lipinski definition) is 3. The summed E-state index contributed by atoms with van der Waals surface area (Å²) >= 11 is 0. The predicted molar refractivity (Wildman–Crippen MR) is 111 cm³/mol. The van der Waals surface area contributed by atoms with Crippen molar-refractivity contribution in [1.29, 1.82) is 0 Å². The number of halogens is 1. The van der Waals surface area contributed by atoms with Gasteiger partial charge < -0.3 is 15.2 Å². The Bertz CT molecular complexity index is 709. The molecular weight excluding hydrogens is 431 g/mol. The summed E-state index contributed by atoms with van der Waals surface area (Å²) in [5.74, 6) is 0.801. The molecular formula is C17H27IN6O. The molecule has 2 rings (SSSR count). The van der Waals surface area contributed by atoms with Crippen LogP contribution in [0.15, 0.2) is 46.4 Å². The van der Waals surface area contributed by atoms with Crippen molar-refractivity contribution in [1.82, 2.24) is 25.0 Å². The van der Waals surface area contributed by atoms with E-state index >= 15 is 0 Å². The van der Waals surface area contributed by atoms with Crippen molar-refractivity contribution in [2.75, 3.05) is 13.1 Å². The van der Waals surface area contributed by atoms with E-state index in [9.17, 15) is 4.79 Å². The van der Waals surface area contributed by atoms with E-state index in [0.717, 1.165) is 44.1 Å². The third kappa shape index (κ3) is 7.29. The van der Waals surface area contributed by atoms with Crippen LogP contribution in [0.25, 0.3) is 0 Å². The number of nitrogens with zero attached hydrogens (tertiary/aromatic N) is 4. The van der Waals surface area contributed by atoms with Crippen molar-refractivity contribution in [3.05, 3.63) is 52.7 Å². The van der Waals surface area contributed by atoms with E-state index in [1.807, 2.05) is 37.0 Å². The number of hydrogen-bond donors (Lipinski definition) is 2. The lowest BCUT2D eigenvalue weighted by molar-refractivity contribution is 0.585. The Morgan fingerprint density at radius 2 is 2.08 bits per heavy atom. The standard InChI is InChI=1S/C17H26N6O.HI/c1-3-18-17(20-14-15-9-11-21-22(15)2)19-10-5-7-13-23-12-6-4-8-16(23)24;/h4,6,8-9,11-12H,3,5,7,10,13-14H2,1-2H3,(H2,18,19,20);1H. The summed E-state index contributed by atoms with van der Waals surface area (Å²) in [7, 11) is 1.91. The Morgan fingerprint density at radius 1 is 1.24 bits per heavy atom. The molecule has 0 bridgehead atoms. The molecule has 0 saturated heterocycles. The molecule has 0 radical (unpaired) electrons. The van der Waals surface area contributed by atoms with Gasteiger partial charge in [0.25, 0.3) is 0 Å². The summed E-state index contributed by atoms with van der Waals surface area (Å²) in [6, 6.07) is 7.20. The van der Waals surface area contributed by atoms with Gasteiger partial charge in [0.1, 0.15) is 0 Å². The summed E-state index contributed by atoms with van der Waals surface area (Å²) < 4.78 is 3.56.